The van der Waals surface area contributed by atoms with Crippen LogP contribution in [-0.4, -0.2) is 0 Å². The molecule has 0 amide bonds. The molecule has 8 aromatic carbocycles. The van der Waals surface area contributed by atoms with Gasteiger partial charge in [0.1, 0.15) is 0 Å². The summed E-state index contributed by atoms with van der Waals surface area (Å²) in [5.74, 6) is 0. The molecule has 0 bridgehead atoms. The standard InChI is InChI=1S/C48H36/c1-47(2)40-26-13-11-19-31(40)38-28-39-32-20-12-14-27-41(32)48(3,4)46(39)44(45(38)47)43-36-23-9-7-21-34(36)42(35-22-8-10-24-37(35)43)33-25-15-17-29-16-5-6-18-30(29)33/h5-28H,1-4H3. The van der Waals surface area contributed by atoms with Crippen LogP contribution in [0.1, 0.15) is 49.9 Å². The van der Waals surface area contributed by atoms with Crippen molar-refractivity contribution in [2.45, 2.75) is 38.5 Å². The molecule has 0 nitrogen and oxygen atoms in total. The maximum absolute atomic E-state index is 2.53. The van der Waals surface area contributed by atoms with E-state index in [-0.39, 0.29) is 10.8 Å². The van der Waals surface area contributed by atoms with Gasteiger partial charge < -0.3 is 0 Å². The van der Waals surface area contributed by atoms with Crippen molar-refractivity contribution in [2.75, 3.05) is 0 Å². The van der Waals surface area contributed by atoms with Crippen molar-refractivity contribution in [3.05, 3.63) is 168 Å². The van der Waals surface area contributed by atoms with E-state index < -0.39 is 0 Å². The summed E-state index contributed by atoms with van der Waals surface area (Å²) >= 11 is 0. The van der Waals surface area contributed by atoms with Crippen LogP contribution in [0.25, 0.3) is 76.8 Å². The summed E-state index contributed by atoms with van der Waals surface area (Å²) in [6.07, 6.45) is 0. The molecule has 0 heteroatoms. The van der Waals surface area contributed by atoms with Gasteiger partial charge in [0.05, 0.1) is 0 Å². The number of hydrogen-bond acceptors (Lipinski definition) is 0. The van der Waals surface area contributed by atoms with Crippen LogP contribution >= 0.6 is 0 Å². The van der Waals surface area contributed by atoms with E-state index >= 15 is 0 Å². The first-order valence-corrected chi connectivity index (χ1v) is 17.2. The van der Waals surface area contributed by atoms with Gasteiger partial charge in [0.15, 0.2) is 0 Å². The quantitative estimate of drug-likeness (QED) is 0.170. The number of benzene rings is 8. The van der Waals surface area contributed by atoms with Crippen LogP contribution in [-0.2, 0) is 10.8 Å². The Hall–Kier alpha value is -5.46. The smallest absolute Gasteiger partial charge is 0.0165 e. The molecule has 48 heavy (non-hydrogen) atoms. The lowest BCUT2D eigenvalue weighted by molar-refractivity contribution is 0.643. The molecular formula is C48H36. The molecule has 0 aromatic heterocycles. The van der Waals surface area contributed by atoms with Crippen molar-refractivity contribution in [3.63, 3.8) is 0 Å². The number of hydrogen-bond donors (Lipinski definition) is 0. The predicted molar refractivity (Wildman–Crippen MR) is 205 cm³/mol. The van der Waals surface area contributed by atoms with Crippen molar-refractivity contribution in [1.82, 2.24) is 0 Å². The van der Waals surface area contributed by atoms with Crippen molar-refractivity contribution >= 4 is 32.3 Å². The van der Waals surface area contributed by atoms with E-state index in [9.17, 15) is 0 Å². The molecule has 228 valence electrons. The van der Waals surface area contributed by atoms with Crippen LogP contribution in [0.4, 0.5) is 0 Å². The van der Waals surface area contributed by atoms with Gasteiger partial charge in [0.2, 0.25) is 0 Å². The molecule has 0 atom stereocenters. The Morgan fingerprint density at radius 2 is 0.708 bits per heavy atom. The minimum Gasteiger partial charge on any atom is -0.0619 e. The Bertz CT molecular complexity index is 2520. The SMILES string of the molecule is CC1(C)c2ccccc2-c2cc3c(c(-c4c5ccccc5c(-c5cccc6ccccc56)c5ccccc45)c21)C(C)(C)c1ccccc1-3. The van der Waals surface area contributed by atoms with Gasteiger partial charge in [-0.15, -0.1) is 0 Å². The Morgan fingerprint density at radius 3 is 1.25 bits per heavy atom. The normalized spacial score (nSPS) is 15.0. The van der Waals surface area contributed by atoms with E-state index in [0.717, 1.165) is 0 Å². The summed E-state index contributed by atoms with van der Waals surface area (Å²) in [5.41, 5.74) is 16.3. The Kier molecular flexibility index (Phi) is 5.50. The highest BCUT2D eigenvalue weighted by atomic mass is 14.5. The van der Waals surface area contributed by atoms with Crippen molar-refractivity contribution in [2.24, 2.45) is 0 Å². The number of rotatable bonds is 2. The summed E-state index contributed by atoms with van der Waals surface area (Å²) < 4.78 is 0. The molecule has 0 saturated carbocycles. The molecule has 0 saturated heterocycles. The zero-order valence-corrected chi connectivity index (χ0v) is 27.9. The second-order valence-corrected chi connectivity index (χ2v) is 14.8. The van der Waals surface area contributed by atoms with Crippen molar-refractivity contribution in [1.29, 1.82) is 0 Å². The van der Waals surface area contributed by atoms with E-state index in [2.05, 4.69) is 173 Å². The molecule has 2 aliphatic rings. The van der Waals surface area contributed by atoms with Crippen LogP contribution in [0, 0.1) is 0 Å². The lowest BCUT2D eigenvalue weighted by Gasteiger charge is -2.32. The molecule has 0 spiro atoms. The third-order valence-corrected chi connectivity index (χ3v) is 11.6. The Morgan fingerprint density at radius 1 is 0.312 bits per heavy atom. The van der Waals surface area contributed by atoms with Crippen LogP contribution < -0.4 is 0 Å². The zero-order chi connectivity index (χ0) is 32.4. The molecular weight excluding hydrogens is 577 g/mol. The Labute approximate surface area is 282 Å². The summed E-state index contributed by atoms with van der Waals surface area (Å²) in [7, 11) is 0. The predicted octanol–water partition coefficient (Wildman–Crippen LogP) is 13.1. The fourth-order valence-electron chi connectivity index (χ4n) is 9.58. The van der Waals surface area contributed by atoms with Gasteiger partial charge in [0, 0.05) is 10.8 Å². The summed E-state index contributed by atoms with van der Waals surface area (Å²) in [4.78, 5) is 0. The van der Waals surface area contributed by atoms with Gasteiger partial charge in [-0.25, -0.2) is 0 Å². The molecule has 2 aliphatic carbocycles. The highest BCUT2D eigenvalue weighted by Crippen LogP contribution is 2.62. The monoisotopic (exact) mass is 612 g/mol. The molecule has 0 radical (unpaired) electrons. The maximum atomic E-state index is 2.53. The largest absolute Gasteiger partial charge is 0.0619 e. The highest BCUT2D eigenvalue weighted by molar-refractivity contribution is 6.24. The van der Waals surface area contributed by atoms with Gasteiger partial charge in [-0.05, 0) is 105 Å². The zero-order valence-electron chi connectivity index (χ0n) is 27.9. The fraction of sp³-hybridized carbons (Fsp3) is 0.125. The van der Waals surface area contributed by atoms with E-state index in [0.29, 0.717) is 0 Å². The van der Waals surface area contributed by atoms with Crippen LogP contribution in [0.5, 0.6) is 0 Å². The van der Waals surface area contributed by atoms with Gasteiger partial charge in [0.25, 0.3) is 0 Å². The molecule has 0 N–H and O–H groups in total. The fourth-order valence-corrected chi connectivity index (χ4v) is 9.58. The van der Waals surface area contributed by atoms with Gasteiger partial charge in [-0.3, -0.25) is 0 Å². The lowest BCUT2D eigenvalue weighted by atomic mass is 9.70. The topological polar surface area (TPSA) is 0 Å². The van der Waals surface area contributed by atoms with Crippen molar-refractivity contribution in [3.8, 4) is 44.5 Å². The highest BCUT2D eigenvalue weighted by Gasteiger charge is 2.45. The number of fused-ring (bicyclic) bond motifs is 9. The van der Waals surface area contributed by atoms with Gasteiger partial charge in [-0.2, -0.15) is 0 Å². The molecule has 10 rings (SSSR count). The molecule has 0 fully saturated rings. The summed E-state index contributed by atoms with van der Waals surface area (Å²) in [6, 6.07) is 54.7. The molecule has 0 aliphatic heterocycles. The van der Waals surface area contributed by atoms with Gasteiger partial charge in [-0.1, -0.05) is 167 Å². The van der Waals surface area contributed by atoms with Crippen LogP contribution in [0.15, 0.2) is 146 Å². The maximum Gasteiger partial charge on any atom is 0.0165 e. The van der Waals surface area contributed by atoms with Crippen molar-refractivity contribution < 1.29 is 0 Å². The average molecular weight is 613 g/mol. The second kappa shape index (κ2) is 9.55. The lowest BCUT2D eigenvalue weighted by Crippen LogP contribution is -2.21. The van der Waals surface area contributed by atoms with E-state index in [1.165, 1.54) is 99.1 Å². The summed E-state index contributed by atoms with van der Waals surface area (Å²) in [6.45, 7) is 9.77. The first kappa shape index (κ1) is 27.6. The average Bonchev–Trinajstić information content (AvgIpc) is 3.49. The Balaban J connectivity index is 1.44. The minimum absolute atomic E-state index is 0.169. The summed E-state index contributed by atoms with van der Waals surface area (Å²) in [5, 5.41) is 7.79. The van der Waals surface area contributed by atoms with Crippen LogP contribution in [0.3, 0.4) is 0 Å². The van der Waals surface area contributed by atoms with E-state index in [1.807, 2.05) is 0 Å². The minimum atomic E-state index is -0.169. The van der Waals surface area contributed by atoms with Crippen LogP contribution in [0.2, 0.25) is 0 Å². The van der Waals surface area contributed by atoms with E-state index in [1.54, 1.807) is 0 Å². The molecule has 0 heterocycles. The van der Waals surface area contributed by atoms with Gasteiger partial charge >= 0.3 is 0 Å². The third-order valence-electron chi connectivity index (χ3n) is 11.6. The molecule has 0 unspecified atom stereocenters. The first-order chi connectivity index (χ1) is 23.4. The first-order valence-electron chi connectivity index (χ1n) is 17.2. The third kappa shape index (κ3) is 3.45. The molecule has 8 aromatic rings. The van der Waals surface area contributed by atoms with E-state index in [4.69, 9.17) is 0 Å². The second-order valence-electron chi connectivity index (χ2n) is 14.8.